The van der Waals surface area contributed by atoms with Crippen LogP contribution in [0.15, 0.2) is 46.3 Å². The van der Waals surface area contributed by atoms with E-state index >= 15 is 0 Å². The van der Waals surface area contributed by atoms with Gasteiger partial charge in [0.15, 0.2) is 0 Å². The molecule has 26 heavy (non-hydrogen) atoms. The number of hydrogen-bond acceptors (Lipinski definition) is 2. The number of thioether (sulfide) groups is 1. The third-order valence-corrected chi connectivity index (χ3v) is 4.86. The first kappa shape index (κ1) is 20.6. The minimum Gasteiger partial charge on any atom is -0.362 e. The van der Waals surface area contributed by atoms with Crippen LogP contribution in [0.1, 0.15) is 11.1 Å². The van der Waals surface area contributed by atoms with Crippen LogP contribution in [0.25, 0.3) is 0 Å². The van der Waals surface area contributed by atoms with Crippen LogP contribution in [0.4, 0.5) is 23.2 Å². The van der Waals surface area contributed by atoms with Crippen molar-refractivity contribution >= 4 is 34.9 Å². The molecule has 0 bridgehead atoms. The highest BCUT2D eigenvalue weighted by Crippen LogP contribution is 2.33. The predicted molar refractivity (Wildman–Crippen MR) is 99.3 cm³/mol. The van der Waals surface area contributed by atoms with Gasteiger partial charge in [0.25, 0.3) is 0 Å². The molecule has 0 aromatic heterocycles. The van der Waals surface area contributed by atoms with Crippen LogP contribution >= 0.6 is 23.4 Å². The molecule has 0 amide bonds. The number of aliphatic imine (C=N–C) groups is 1. The molecule has 0 aliphatic heterocycles. The first-order valence-corrected chi connectivity index (χ1v) is 8.95. The van der Waals surface area contributed by atoms with Crippen molar-refractivity contribution < 1.29 is 17.6 Å². The number of amidine groups is 1. The van der Waals surface area contributed by atoms with E-state index in [4.69, 9.17) is 11.6 Å². The van der Waals surface area contributed by atoms with Gasteiger partial charge >= 0.3 is 6.18 Å². The van der Waals surface area contributed by atoms with Gasteiger partial charge in [-0.25, -0.2) is 9.38 Å². The Labute approximate surface area is 158 Å². The maximum absolute atomic E-state index is 14.3. The number of rotatable bonds is 4. The summed E-state index contributed by atoms with van der Waals surface area (Å²) in [6.07, 6.45) is -4.30. The van der Waals surface area contributed by atoms with Crippen LogP contribution in [0.5, 0.6) is 0 Å². The second-order valence-electron chi connectivity index (χ2n) is 5.81. The van der Waals surface area contributed by atoms with E-state index in [2.05, 4.69) is 4.99 Å². The van der Waals surface area contributed by atoms with Crippen molar-refractivity contribution in [3.8, 4) is 0 Å². The predicted octanol–water partition coefficient (Wildman–Crippen LogP) is 6.08. The van der Waals surface area contributed by atoms with Gasteiger partial charge in [-0.05, 0) is 48.9 Å². The summed E-state index contributed by atoms with van der Waals surface area (Å²) in [5.41, 5.74) is 1.14. The SMILES string of the molecule is Cc1cc(F)c(/N=C(/c2ccc(Cl)cc2)N(C)C)cc1SCC(F)(F)F. The Morgan fingerprint density at radius 1 is 1.15 bits per heavy atom. The molecule has 8 heteroatoms. The smallest absolute Gasteiger partial charge is 0.362 e. The minimum absolute atomic E-state index is 0.0149. The third-order valence-electron chi connectivity index (χ3n) is 3.39. The quantitative estimate of drug-likeness (QED) is 0.265. The van der Waals surface area contributed by atoms with Gasteiger partial charge in [-0.1, -0.05) is 11.6 Å². The lowest BCUT2D eigenvalue weighted by Crippen LogP contribution is -2.22. The van der Waals surface area contributed by atoms with Gasteiger partial charge in [-0.3, -0.25) is 0 Å². The van der Waals surface area contributed by atoms with E-state index in [1.807, 2.05) is 0 Å². The van der Waals surface area contributed by atoms with Crippen molar-refractivity contribution in [2.24, 2.45) is 4.99 Å². The lowest BCUT2D eigenvalue weighted by molar-refractivity contribution is -0.105. The van der Waals surface area contributed by atoms with E-state index in [1.54, 1.807) is 50.2 Å². The average Bonchev–Trinajstić information content (AvgIpc) is 2.53. The topological polar surface area (TPSA) is 15.6 Å². The number of hydrogen-bond donors (Lipinski definition) is 0. The molecular formula is C18H17ClF4N2S. The number of nitrogens with zero attached hydrogens (tertiary/aromatic N) is 2. The van der Waals surface area contributed by atoms with Crippen LogP contribution < -0.4 is 0 Å². The zero-order valence-electron chi connectivity index (χ0n) is 14.4. The third kappa shape index (κ3) is 5.64. The number of halogens is 5. The van der Waals surface area contributed by atoms with Gasteiger partial charge in [0, 0.05) is 29.6 Å². The molecular weight excluding hydrogens is 388 g/mol. The number of benzene rings is 2. The average molecular weight is 405 g/mol. The molecule has 2 rings (SSSR count). The Balaban J connectivity index is 2.44. The Morgan fingerprint density at radius 2 is 1.77 bits per heavy atom. The highest BCUT2D eigenvalue weighted by atomic mass is 35.5. The van der Waals surface area contributed by atoms with Gasteiger partial charge in [-0.2, -0.15) is 13.2 Å². The van der Waals surface area contributed by atoms with Crippen LogP contribution in [0, 0.1) is 12.7 Å². The molecule has 140 valence electrons. The second kappa shape index (κ2) is 8.31. The van der Waals surface area contributed by atoms with Crippen molar-refractivity contribution in [1.29, 1.82) is 0 Å². The van der Waals surface area contributed by atoms with Gasteiger partial charge in [0.1, 0.15) is 17.3 Å². The molecule has 0 N–H and O–H groups in total. The zero-order valence-corrected chi connectivity index (χ0v) is 15.9. The molecule has 2 aromatic rings. The molecule has 0 fully saturated rings. The molecule has 0 spiro atoms. The largest absolute Gasteiger partial charge is 0.398 e. The van der Waals surface area contributed by atoms with Gasteiger partial charge in [-0.15, -0.1) is 11.8 Å². The Morgan fingerprint density at radius 3 is 2.31 bits per heavy atom. The van der Waals surface area contributed by atoms with Crippen molar-refractivity contribution in [2.75, 3.05) is 19.8 Å². The highest BCUT2D eigenvalue weighted by molar-refractivity contribution is 7.99. The summed E-state index contributed by atoms with van der Waals surface area (Å²) < 4.78 is 51.8. The van der Waals surface area contributed by atoms with Crippen LogP contribution in [0.2, 0.25) is 5.02 Å². The molecule has 2 aromatic carbocycles. The monoisotopic (exact) mass is 404 g/mol. The first-order chi connectivity index (χ1) is 12.1. The van der Waals surface area contributed by atoms with E-state index in [-0.39, 0.29) is 5.69 Å². The summed E-state index contributed by atoms with van der Waals surface area (Å²) in [5.74, 6) is -1.16. The molecule has 2 nitrogen and oxygen atoms in total. The first-order valence-electron chi connectivity index (χ1n) is 7.58. The molecule has 0 aliphatic carbocycles. The van der Waals surface area contributed by atoms with Crippen molar-refractivity contribution in [3.63, 3.8) is 0 Å². The molecule has 0 unspecified atom stereocenters. The van der Waals surface area contributed by atoms with E-state index < -0.39 is 17.7 Å². The summed E-state index contributed by atoms with van der Waals surface area (Å²) in [6.45, 7) is 1.57. The van der Waals surface area contributed by atoms with E-state index in [0.29, 0.717) is 38.6 Å². The molecule has 0 saturated heterocycles. The summed E-state index contributed by atoms with van der Waals surface area (Å²) >= 11 is 6.50. The van der Waals surface area contributed by atoms with Crippen LogP contribution in [-0.4, -0.2) is 36.8 Å². The molecule has 0 aliphatic rings. The summed E-state index contributed by atoms with van der Waals surface area (Å²) in [4.78, 5) is 6.38. The Kier molecular flexibility index (Phi) is 6.58. The van der Waals surface area contributed by atoms with Crippen LogP contribution in [-0.2, 0) is 0 Å². The molecule has 0 saturated carbocycles. The second-order valence-corrected chi connectivity index (χ2v) is 7.26. The summed E-state index contributed by atoms with van der Waals surface area (Å²) in [6, 6.07) is 9.41. The summed E-state index contributed by atoms with van der Waals surface area (Å²) in [7, 11) is 3.50. The lowest BCUT2D eigenvalue weighted by atomic mass is 10.2. The van der Waals surface area contributed by atoms with Crippen molar-refractivity contribution in [2.45, 2.75) is 18.0 Å². The van der Waals surface area contributed by atoms with E-state index in [9.17, 15) is 17.6 Å². The fourth-order valence-electron chi connectivity index (χ4n) is 2.18. The Bertz CT molecular complexity index is 802. The molecule has 0 atom stereocenters. The fourth-order valence-corrected chi connectivity index (χ4v) is 3.11. The van der Waals surface area contributed by atoms with Crippen molar-refractivity contribution in [1.82, 2.24) is 4.90 Å². The summed E-state index contributed by atoms with van der Waals surface area (Å²) in [5, 5.41) is 0.555. The Hall–Kier alpha value is -1.73. The normalized spacial score (nSPS) is 12.4. The minimum atomic E-state index is -4.30. The fraction of sp³-hybridized carbons (Fsp3) is 0.278. The number of aryl methyl sites for hydroxylation is 1. The zero-order chi connectivity index (χ0) is 19.5. The molecule has 0 radical (unpaired) electrons. The lowest BCUT2D eigenvalue weighted by Gasteiger charge is -2.17. The van der Waals surface area contributed by atoms with Gasteiger partial charge in [0.05, 0.1) is 5.75 Å². The van der Waals surface area contributed by atoms with E-state index in [0.717, 1.165) is 0 Å². The highest BCUT2D eigenvalue weighted by Gasteiger charge is 2.27. The standard InChI is InChI=1S/C18H17ClF4N2S/c1-11-8-14(20)15(9-16(11)26-10-18(21,22)23)24-17(25(2)3)12-4-6-13(19)7-5-12/h4-9H,10H2,1-3H3/b24-17-. The van der Waals surface area contributed by atoms with Crippen molar-refractivity contribution in [3.05, 3.63) is 58.4 Å². The van der Waals surface area contributed by atoms with Crippen LogP contribution in [0.3, 0.4) is 0 Å². The maximum atomic E-state index is 14.3. The maximum Gasteiger partial charge on any atom is 0.398 e. The van der Waals surface area contributed by atoms with Gasteiger partial charge in [0.2, 0.25) is 0 Å². The van der Waals surface area contributed by atoms with Gasteiger partial charge < -0.3 is 4.90 Å². The van der Waals surface area contributed by atoms with E-state index in [1.165, 1.54) is 12.1 Å². The molecule has 0 heterocycles. The number of alkyl halides is 3.